The zero-order valence-corrected chi connectivity index (χ0v) is 8.96. The van der Waals surface area contributed by atoms with Gasteiger partial charge in [-0.2, -0.15) is 0 Å². The van der Waals surface area contributed by atoms with Crippen molar-refractivity contribution in [3.05, 3.63) is 35.4 Å². The van der Waals surface area contributed by atoms with Crippen LogP contribution in [-0.4, -0.2) is 13.9 Å². The van der Waals surface area contributed by atoms with Crippen LogP contribution in [0.3, 0.4) is 0 Å². The Bertz CT molecular complexity index is 512. The number of hydrogen-bond donors (Lipinski definition) is 1. The van der Waals surface area contributed by atoms with Crippen LogP contribution < -0.4 is 0 Å². The molecule has 1 atom stereocenters. The minimum absolute atomic E-state index is 0.0787. The molecule has 1 aromatic heterocycles. The van der Waals surface area contributed by atoms with Crippen LogP contribution in [0.5, 0.6) is 0 Å². The molecular weight excluding hydrogens is 238 g/mol. The number of benzene rings is 1. The molecule has 4 nitrogen and oxygen atoms in total. The van der Waals surface area contributed by atoms with Gasteiger partial charge in [-0.05, 0) is 12.1 Å². The minimum Gasteiger partial charge on any atom is -0.344 e. The molecule has 15 heavy (non-hydrogen) atoms. The minimum atomic E-state index is -2.15. The molecule has 0 saturated carbocycles. The highest BCUT2D eigenvalue weighted by molar-refractivity contribution is 7.79. The van der Waals surface area contributed by atoms with Crippen LogP contribution in [-0.2, 0) is 11.1 Å². The van der Waals surface area contributed by atoms with Gasteiger partial charge in [-0.1, -0.05) is 28.9 Å². The highest BCUT2D eigenvalue weighted by Gasteiger charge is 2.10. The number of rotatable bonds is 2. The smallest absolute Gasteiger partial charge is 0.250 e. The summed E-state index contributed by atoms with van der Waals surface area (Å²) >= 11 is 3.65. The molecule has 0 aliphatic heterocycles. The second-order valence-corrected chi connectivity index (χ2v) is 4.13. The van der Waals surface area contributed by atoms with Crippen molar-refractivity contribution in [2.75, 3.05) is 0 Å². The molecule has 1 unspecified atom stereocenters. The van der Waals surface area contributed by atoms with Crippen molar-refractivity contribution in [3.8, 4) is 11.3 Å². The number of hydrogen-bond acceptors (Lipinski definition) is 3. The first kappa shape index (κ1) is 10.4. The lowest BCUT2D eigenvalue weighted by Gasteiger charge is -1.94. The molecule has 2 rings (SSSR count). The summed E-state index contributed by atoms with van der Waals surface area (Å²) < 4.78 is 24.1. The van der Waals surface area contributed by atoms with Gasteiger partial charge in [0.25, 0.3) is 5.09 Å². The predicted octanol–water partition coefficient (Wildman–Crippen LogP) is 2.58. The van der Waals surface area contributed by atoms with Crippen LogP contribution in [0.2, 0.25) is 5.02 Å². The van der Waals surface area contributed by atoms with E-state index in [1.54, 1.807) is 24.3 Å². The molecule has 1 aromatic carbocycles. The molecule has 0 spiro atoms. The Kier molecular flexibility index (Phi) is 2.86. The van der Waals surface area contributed by atoms with Crippen LogP contribution in [0.15, 0.2) is 39.9 Å². The van der Waals surface area contributed by atoms with E-state index in [-0.39, 0.29) is 5.09 Å². The lowest BCUT2D eigenvalue weighted by atomic mass is 10.2. The van der Waals surface area contributed by atoms with Crippen LogP contribution >= 0.6 is 11.6 Å². The summed E-state index contributed by atoms with van der Waals surface area (Å²) in [7, 11) is 0. The summed E-state index contributed by atoms with van der Waals surface area (Å²) in [5.41, 5.74) is 1.22. The van der Waals surface area contributed by atoms with Gasteiger partial charge in [0, 0.05) is 16.7 Å². The van der Waals surface area contributed by atoms with Crippen molar-refractivity contribution in [1.82, 2.24) is 5.16 Å². The van der Waals surface area contributed by atoms with Gasteiger partial charge in [0.1, 0.15) is 5.69 Å². The molecule has 0 radical (unpaired) electrons. The first-order valence-corrected chi connectivity index (χ1v) is 5.49. The van der Waals surface area contributed by atoms with Crippen molar-refractivity contribution in [1.29, 1.82) is 0 Å². The Hall–Kier alpha value is -1.17. The van der Waals surface area contributed by atoms with Crippen LogP contribution in [0, 0.1) is 0 Å². The molecule has 2 aromatic rings. The second kappa shape index (κ2) is 4.14. The zero-order chi connectivity index (χ0) is 10.8. The molecule has 6 heteroatoms. The third kappa shape index (κ3) is 2.26. The van der Waals surface area contributed by atoms with E-state index in [1.807, 2.05) is 0 Å². The normalized spacial score (nSPS) is 12.7. The maximum atomic E-state index is 10.7. The Morgan fingerprint density at radius 1 is 1.40 bits per heavy atom. The van der Waals surface area contributed by atoms with E-state index in [2.05, 4.69) is 9.68 Å². The second-order valence-electron chi connectivity index (χ2n) is 2.79. The van der Waals surface area contributed by atoms with Crippen molar-refractivity contribution in [3.63, 3.8) is 0 Å². The fourth-order valence-corrected chi connectivity index (χ4v) is 1.63. The van der Waals surface area contributed by atoms with Crippen molar-refractivity contribution in [2.24, 2.45) is 0 Å². The summed E-state index contributed by atoms with van der Waals surface area (Å²) in [6, 6.07) is 8.39. The van der Waals surface area contributed by atoms with Crippen LogP contribution in [0.4, 0.5) is 0 Å². The Labute approximate surface area is 93.1 Å². The highest BCUT2D eigenvalue weighted by Crippen LogP contribution is 2.23. The molecule has 1 N–H and O–H groups in total. The van der Waals surface area contributed by atoms with E-state index in [4.69, 9.17) is 16.2 Å². The van der Waals surface area contributed by atoms with Gasteiger partial charge in [0.15, 0.2) is 0 Å². The largest absolute Gasteiger partial charge is 0.344 e. The SMILES string of the molecule is O=S(O)c1cc(-c2cccc(Cl)c2)no1. The molecular formula is C9H6ClNO3S. The lowest BCUT2D eigenvalue weighted by molar-refractivity contribution is 0.338. The number of nitrogens with zero attached hydrogens (tertiary/aromatic N) is 1. The fraction of sp³-hybridized carbons (Fsp3) is 0. The topological polar surface area (TPSA) is 63.3 Å². The molecule has 0 aliphatic rings. The maximum absolute atomic E-state index is 10.7. The van der Waals surface area contributed by atoms with E-state index in [0.717, 1.165) is 5.56 Å². The predicted molar refractivity (Wildman–Crippen MR) is 56.0 cm³/mol. The van der Waals surface area contributed by atoms with Gasteiger partial charge in [0.05, 0.1) is 0 Å². The standard InChI is InChI=1S/C9H6ClNO3S/c10-7-3-1-2-6(4-7)8-5-9(14-11-8)15(12)13/h1-5H,(H,12,13). The van der Waals surface area contributed by atoms with Gasteiger partial charge in [-0.25, -0.2) is 4.21 Å². The Balaban J connectivity index is 2.41. The van der Waals surface area contributed by atoms with Gasteiger partial charge in [-0.15, -0.1) is 0 Å². The fourth-order valence-electron chi connectivity index (χ4n) is 1.12. The van der Waals surface area contributed by atoms with E-state index in [1.165, 1.54) is 6.07 Å². The highest BCUT2D eigenvalue weighted by atomic mass is 35.5. The Morgan fingerprint density at radius 2 is 2.20 bits per heavy atom. The van der Waals surface area contributed by atoms with E-state index in [0.29, 0.717) is 10.7 Å². The van der Waals surface area contributed by atoms with E-state index >= 15 is 0 Å². The average Bonchev–Trinajstić information content (AvgIpc) is 2.66. The molecule has 0 fully saturated rings. The van der Waals surface area contributed by atoms with Gasteiger partial charge < -0.3 is 4.52 Å². The van der Waals surface area contributed by atoms with Crippen molar-refractivity contribution >= 4 is 22.7 Å². The summed E-state index contributed by atoms with van der Waals surface area (Å²) in [6.45, 7) is 0. The lowest BCUT2D eigenvalue weighted by Crippen LogP contribution is -1.82. The van der Waals surface area contributed by atoms with Gasteiger partial charge in [0.2, 0.25) is 11.1 Å². The van der Waals surface area contributed by atoms with Gasteiger partial charge >= 0.3 is 0 Å². The third-order valence-electron chi connectivity index (χ3n) is 1.78. The molecule has 0 saturated heterocycles. The average molecular weight is 244 g/mol. The Morgan fingerprint density at radius 3 is 2.80 bits per heavy atom. The van der Waals surface area contributed by atoms with E-state index < -0.39 is 11.1 Å². The molecule has 0 bridgehead atoms. The molecule has 78 valence electrons. The molecule has 0 aliphatic carbocycles. The first-order valence-electron chi connectivity index (χ1n) is 4.00. The van der Waals surface area contributed by atoms with Crippen molar-refractivity contribution in [2.45, 2.75) is 5.09 Å². The maximum Gasteiger partial charge on any atom is 0.250 e. The number of aromatic nitrogens is 1. The summed E-state index contributed by atoms with van der Waals surface area (Å²) in [5.74, 6) is 0. The zero-order valence-electron chi connectivity index (χ0n) is 7.38. The monoisotopic (exact) mass is 243 g/mol. The summed E-state index contributed by atoms with van der Waals surface area (Å²) in [4.78, 5) is 0. The summed E-state index contributed by atoms with van der Waals surface area (Å²) in [5, 5.41) is 4.15. The van der Waals surface area contributed by atoms with Crippen LogP contribution in [0.25, 0.3) is 11.3 Å². The van der Waals surface area contributed by atoms with Gasteiger partial charge in [-0.3, -0.25) is 4.55 Å². The van der Waals surface area contributed by atoms with Crippen LogP contribution in [0.1, 0.15) is 0 Å². The van der Waals surface area contributed by atoms with E-state index in [9.17, 15) is 4.21 Å². The third-order valence-corrected chi connectivity index (χ3v) is 2.55. The summed E-state index contributed by atoms with van der Waals surface area (Å²) in [6.07, 6.45) is 0. The molecule has 0 amide bonds. The molecule has 1 heterocycles. The quantitative estimate of drug-likeness (QED) is 0.824. The number of halogens is 1. The first-order chi connectivity index (χ1) is 7.16. The van der Waals surface area contributed by atoms with Crippen molar-refractivity contribution < 1.29 is 13.3 Å².